The van der Waals surface area contributed by atoms with Gasteiger partial charge in [-0.05, 0) is 19.3 Å². The van der Waals surface area contributed by atoms with Crippen LogP contribution >= 0.6 is 0 Å². The number of nitrogens with zero attached hydrogens (tertiary/aromatic N) is 1. The van der Waals surface area contributed by atoms with Crippen LogP contribution < -0.4 is 59.3 Å². The molecule has 0 bridgehead atoms. The zero-order valence-corrected chi connectivity index (χ0v) is 19.7. The second kappa shape index (κ2) is 34.2. The van der Waals surface area contributed by atoms with Crippen molar-refractivity contribution in [3.8, 4) is 43.1 Å². The number of hydrogen-bond acceptors (Lipinski definition) is 7. The van der Waals surface area contributed by atoms with Crippen LogP contribution in [0.3, 0.4) is 0 Å². The van der Waals surface area contributed by atoms with Crippen LogP contribution in [-0.4, -0.2) is 41.3 Å². The van der Waals surface area contributed by atoms with Gasteiger partial charge in [0.25, 0.3) is 0 Å². The molecule has 0 aliphatic rings. The molecule has 7 nitrogen and oxygen atoms in total. The van der Waals surface area contributed by atoms with Crippen molar-refractivity contribution in [2.45, 2.75) is 64.9 Å². The Morgan fingerprint density at radius 1 is 1.04 bits per heavy atom. The quantitative estimate of drug-likeness (QED) is 0.0971. The molecule has 4 N–H and O–H groups in total. The summed E-state index contributed by atoms with van der Waals surface area (Å²) in [5.41, 5.74) is 3.34. The topological polar surface area (TPSA) is 147 Å². The normalized spacial score (nSPS) is 9.86. The van der Waals surface area contributed by atoms with Gasteiger partial charge in [0, 0.05) is 25.9 Å². The minimum atomic E-state index is -4.57. The van der Waals surface area contributed by atoms with Gasteiger partial charge < -0.3 is 44.5 Å². The van der Waals surface area contributed by atoms with E-state index in [1.54, 1.807) is 0 Å². The first-order chi connectivity index (χ1) is 11.2. The molecule has 0 aromatic rings. The molecule has 0 aliphatic heterocycles. The van der Waals surface area contributed by atoms with Gasteiger partial charge >= 0.3 is 29.6 Å². The molecular formula is C18H31IN2NaO5S-. The minimum absolute atomic E-state index is 0. The summed E-state index contributed by atoms with van der Waals surface area (Å²) in [5.74, 6) is 6.92. The Balaban J connectivity index is -0.0000000452. The monoisotopic (exact) mass is 537 g/mol. The first-order valence-corrected chi connectivity index (χ1v) is 8.37. The zero-order chi connectivity index (χ0) is 19.4. The number of hydrogen-bond donors (Lipinski definition) is 3. The van der Waals surface area contributed by atoms with Crippen molar-refractivity contribution in [2.75, 3.05) is 6.61 Å². The van der Waals surface area contributed by atoms with Crippen LogP contribution in [-0.2, 0) is 10.1 Å². The Kier molecular flexibility index (Phi) is 56.3. The third-order valence-corrected chi connectivity index (χ3v) is 3.02. The predicted octanol–water partition coefficient (Wildman–Crippen LogP) is -4.81. The molecule has 0 heterocycles. The molecule has 0 saturated carbocycles. The molecule has 0 spiro atoms. The Bertz CT molecular complexity index is 575. The van der Waals surface area contributed by atoms with Crippen molar-refractivity contribution in [1.29, 1.82) is 5.26 Å². The first kappa shape index (κ1) is 46.1. The number of aliphatic hydroxyl groups is 2. The van der Waals surface area contributed by atoms with Crippen LogP contribution in [0.25, 0.3) is 0 Å². The Hall–Kier alpha value is -0.310. The molecule has 2 atom stereocenters. The Morgan fingerprint density at radius 3 is 1.68 bits per heavy atom. The maximum Gasteiger partial charge on any atom is 1.00 e. The van der Waals surface area contributed by atoms with E-state index in [-0.39, 0.29) is 93.9 Å². The van der Waals surface area contributed by atoms with E-state index in [2.05, 4.69) is 17.8 Å². The van der Waals surface area contributed by atoms with E-state index in [1.807, 2.05) is 6.07 Å². The molecule has 0 amide bonds. The van der Waals surface area contributed by atoms with Gasteiger partial charge in [0.2, 0.25) is 0 Å². The molecule has 0 aromatic carbocycles. The number of nitrogens with two attached hydrogens (primary N) is 1. The fraction of sp³-hybridized carbons (Fsp3) is 0.611. The van der Waals surface area contributed by atoms with Crippen LogP contribution in [0.1, 0.15) is 53.4 Å². The van der Waals surface area contributed by atoms with Gasteiger partial charge in [-0.3, -0.25) is 0 Å². The van der Waals surface area contributed by atoms with Crippen LogP contribution in [0.2, 0.25) is 0 Å². The van der Waals surface area contributed by atoms with E-state index in [4.69, 9.17) is 40.5 Å². The first-order valence-electron chi connectivity index (χ1n) is 6.90. The molecule has 0 aromatic heterocycles. The largest absolute Gasteiger partial charge is 1.00 e. The van der Waals surface area contributed by atoms with Crippen molar-refractivity contribution in [3.05, 3.63) is 0 Å². The standard InChI is InChI=1S/C6H8N2.C5H8O4S.C5H8O.2CH4.HI.Na/c1-2-3-4-6(8)5-7;1-2-3-4-5(6)10(7,8)9;1-2-3-4-5-6;;;;/h1,6H,3-4,8H2;1,5-6H,3-4H2,(H,7,8,9);1,6H,3-5H2;2*1H4;1H;/q;;;;;;+1/p-2. The molecule has 158 valence electrons. The van der Waals surface area contributed by atoms with E-state index in [0.717, 1.165) is 6.42 Å². The Morgan fingerprint density at radius 2 is 1.43 bits per heavy atom. The molecule has 0 rings (SSSR count). The maximum absolute atomic E-state index is 9.96. The fourth-order valence-corrected chi connectivity index (χ4v) is 1.24. The van der Waals surface area contributed by atoms with E-state index < -0.39 is 15.6 Å². The van der Waals surface area contributed by atoms with Gasteiger partial charge in [0.1, 0.15) is 15.6 Å². The summed E-state index contributed by atoms with van der Waals surface area (Å²) < 4.78 is 29.9. The van der Waals surface area contributed by atoms with Crippen LogP contribution in [0, 0.1) is 48.4 Å². The number of halogens is 1. The number of nitriles is 1. The summed E-state index contributed by atoms with van der Waals surface area (Å²) in [6, 6.07) is 1.50. The van der Waals surface area contributed by atoms with Gasteiger partial charge in [-0.25, -0.2) is 8.42 Å². The third kappa shape index (κ3) is 44.8. The van der Waals surface area contributed by atoms with E-state index in [1.165, 1.54) is 0 Å². The number of unbranched alkanes of at least 4 members (excludes halogenated alkanes) is 1. The number of terminal acetylenes is 3. The second-order valence-electron chi connectivity index (χ2n) is 4.20. The summed E-state index contributed by atoms with van der Waals surface area (Å²) in [7, 11) is -4.57. The van der Waals surface area contributed by atoms with E-state index in [9.17, 15) is 13.0 Å². The van der Waals surface area contributed by atoms with Crippen molar-refractivity contribution in [1.82, 2.24) is 0 Å². The van der Waals surface area contributed by atoms with Crippen molar-refractivity contribution >= 4 is 10.1 Å². The van der Waals surface area contributed by atoms with Crippen molar-refractivity contribution in [2.24, 2.45) is 5.73 Å². The predicted molar refractivity (Wildman–Crippen MR) is 104 cm³/mol. The summed E-state index contributed by atoms with van der Waals surface area (Å²) in [6.07, 6.45) is 17.0. The van der Waals surface area contributed by atoms with Gasteiger partial charge in [0.05, 0.1) is 12.1 Å². The minimum Gasteiger partial charge on any atom is -1.00 e. The van der Waals surface area contributed by atoms with Crippen molar-refractivity contribution < 1.29 is 76.7 Å². The molecule has 0 saturated heterocycles. The number of rotatable bonds is 7. The van der Waals surface area contributed by atoms with E-state index >= 15 is 0 Å². The summed E-state index contributed by atoms with van der Waals surface area (Å²) in [5, 5.41) is 24.7. The molecule has 0 radical (unpaired) electrons. The third-order valence-electron chi connectivity index (χ3n) is 2.11. The molecule has 0 aliphatic carbocycles. The van der Waals surface area contributed by atoms with Crippen LogP contribution in [0.15, 0.2) is 0 Å². The van der Waals surface area contributed by atoms with Gasteiger partial charge in [0.15, 0.2) is 0 Å². The van der Waals surface area contributed by atoms with Crippen LogP contribution in [0.5, 0.6) is 0 Å². The summed E-state index contributed by atoms with van der Waals surface area (Å²) >= 11 is 0. The van der Waals surface area contributed by atoms with Gasteiger partial charge in [-0.2, -0.15) is 5.26 Å². The zero-order valence-electron chi connectivity index (χ0n) is 14.8. The van der Waals surface area contributed by atoms with Crippen LogP contribution in [0.4, 0.5) is 0 Å². The second-order valence-corrected chi connectivity index (χ2v) is 5.73. The molecule has 0 fully saturated rings. The average Bonchev–Trinajstić information content (AvgIpc) is 2.55. The number of aliphatic hydroxyl groups excluding tert-OH is 2. The summed E-state index contributed by atoms with van der Waals surface area (Å²) in [4.78, 5) is 0. The Labute approximate surface area is 210 Å². The smallest absolute Gasteiger partial charge is 1.00 e. The maximum atomic E-state index is 9.96. The van der Waals surface area contributed by atoms with Gasteiger partial charge in [-0.1, -0.05) is 14.9 Å². The molecule has 2 unspecified atom stereocenters. The van der Waals surface area contributed by atoms with E-state index in [0.29, 0.717) is 19.3 Å². The molecule has 10 heteroatoms. The fourth-order valence-electron chi connectivity index (χ4n) is 0.836. The molecular weight excluding hydrogens is 506 g/mol. The SMILES string of the molecule is C.C.C#CCCC(N)C#N.C#CCCC(O)S(=O)(=O)[O-].C#CCCCO.[I-].[Na+]. The molecule has 28 heavy (non-hydrogen) atoms. The summed E-state index contributed by atoms with van der Waals surface area (Å²) in [6.45, 7) is 0.212. The van der Waals surface area contributed by atoms with Crippen molar-refractivity contribution in [3.63, 3.8) is 0 Å². The average molecular weight is 537 g/mol. The van der Waals surface area contributed by atoms with Gasteiger partial charge in [-0.15, -0.1) is 37.0 Å².